The molecule has 0 amide bonds. The molecule has 0 aliphatic carbocycles. The summed E-state index contributed by atoms with van der Waals surface area (Å²) < 4.78 is 9.56. The van der Waals surface area contributed by atoms with E-state index in [1.807, 2.05) is 6.07 Å². The summed E-state index contributed by atoms with van der Waals surface area (Å²) in [6.45, 7) is 5.72. The van der Waals surface area contributed by atoms with E-state index in [0.29, 0.717) is 25.0 Å². The summed E-state index contributed by atoms with van der Waals surface area (Å²) >= 11 is 0. The van der Waals surface area contributed by atoms with Gasteiger partial charge in [-0.25, -0.2) is 4.79 Å². The average molecular weight is 253 g/mol. The average Bonchev–Trinajstić information content (AvgIpc) is 2.30. The molecule has 0 radical (unpaired) electrons. The highest BCUT2D eigenvalue weighted by Crippen LogP contribution is 2.13. The number of rotatable bonds is 7. The Balaban J connectivity index is 4.34. The molecule has 0 aliphatic heterocycles. The molecule has 18 heavy (non-hydrogen) atoms. The largest absolute Gasteiger partial charge is 0.466 e. The van der Waals surface area contributed by atoms with Crippen molar-refractivity contribution in [2.24, 2.45) is 0 Å². The molecule has 0 atom stereocenters. The summed E-state index contributed by atoms with van der Waals surface area (Å²) in [6, 6.07) is 1.84. The number of nitrogens with zero attached hydrogens (tertiary/aromatic N) is 1. The number of ether oxygens (including phenoxy) is 2. The van der Waals surface area contributed by atoms with E-state index in [9.17, 15) is 9.59 Å². The Morgan fingerprint density at radius 1 is 1.11 bits per heavy atom. The molecule has 0 aromatic heterocycles. The predicted octanol–water partition coefficient (Wildman–Crippen LogP) is 2.12. The van der Waals surface area contributed by atoms with Gasteiger partial charge in [-0.05, 0) is 39.2 Å². The van der Waals surface area contributed by atoms with Crippen LogP contribution >= 0.6 is 0 Å². The molecule has 5 nitrogen and oxygen atoms in total. The number of allylic oxidation sites excluding steroid dienone is 1. The number of carbonyl (C=O) groups excluding carboxylic acids is 2. The van der Waals surface area contributed by atoms with Gasteiger partial charge in [-0.3, -0.25) is 4.79 Å². The monoisotopic (exact) mass is 253 g/mol. The highest BCUT2D eigenvalue weighted by atomic mass is 16.5. The van der Waals surface area contributed by atoms with Crippen LogP contribution in [0.25, 0.3) is 0 Å². The minimum atomic E-state index is -0.603. The van der Waals surface area contributed by atoms with Gasteiger partial charge in [0.15, 0.2) is 0 Å². The Bertz CT molecular complexity index is 366. The van der Waals surface area contributed by atoms with Crippen LogP contribution < -0.4 is 0 Å². The van der Waals surface area contributed by atoms with Gasteiger partial charge < -0.3 is 9.47 Å². The van der Waals surface area contributed by atoms with E-state index in [1.54, 1.807) is 20.8 Å². The fraction of sp³-hybridized carbons (Fsp3) is 0.615. The predicted molar refractivity (Wildman–Crippen MR) is 65.4 cm³/mol. The lowest BCUT2D eigenvalue weighted by molar-refractivity contribution is -0.143. The first-order valence-electron chi connectivity index (χ1n) is 5.99. The molecule has 0 N–H and O–H groups in total. The number of nitriles is 1. The minimum Gasteiger partial charge on any atom is -0.466 e. The van der Waals surface area contributed by atoms with Crippen molar-refractivity contribution in [1.29, 1.82) is 5.26 Å². The summed E-state index contributed by atoms with van der Waals surface area (Å²) in [5, 5.41) is 8.89. The molecular formula is C13H19NO4. The third-order valence-electron chi connectivity index (χ3n) is 2.26. The molecule has 0 heterocycles. The smallest absolute Gasteiger partial charge is 0.348 e. The van der Waals surface area contributed by atoms with Crippen molar-refractivity contribution in [2.75, 3.05) is 13.2 Å². The van der Waals surface area contributed by atoms with Gasteiger partial charge in [-0.1, -0.05) is 0 Å². The zero-order valence-electron chi connectivity index (χ0n) is 11.1. The zero-order valence-corrected chi connectivity index (χ0v) is 11.1. The summed E-state index contributed by atoms with van der Waals surface area (Å²) in [7, 11) is 0. The van der Waals surface area contributed by atoms with Crippen LogP contribution in [0.15, 0.2) is 11.1 Å². The van der Waals surface area contributed by atoms with Crippen molar-refractivity contribution in [2.45, 2.75) is 40.0 Å². The van der Waals surface area contributed by atoms with Gasteiger partial charge in [0.05, 0.1) is 13.2 Å². The summed E-state index contributed by atoms with van der Waals surface area (Å²) in [5.74, 6) is -0.867. The van der Waals surface area contributed by atoms with Crippen molar-refractivity contribution in [3.8, 4) is 6.07 Å². The topological polar surface area (TPSA) is 76.4 Å². The number of carbonyl (C=O) groups is 2. The molecule has 0 unspecified atom stereocenters. The fourth-order valence-electron chi connectivity index (χ4n) is 1.37. The summed E-state index contributed by atoms with van der Waals surface area (Å²) in [4.78, 5) is 22.5. The molecule has 0 bridgehead atoms. The summed E-state index contributed by atoms with van der Waals surface area (Å²) in [5.41, 5.74) is 0.668. The Labute approximate surface area is 107 Å². The van der Waals surface area contributed by atoms with Crippen molar-refractivity contribution < 1.29 is 19.1 Å². The van der Waals surface area contributed by atoms with E-state index in [-0.39, 0.29) is 24.6 Å². The van der Waals surface area contributed by atoms with Gasteiger partial charge >= 0.3 is 11.9 Å². The van der Waals surface area contributed by atoms with Crippen LogP contribution in [0.3, 0.4) is 0 Å². The van der Waals surface area contributed by atoms with Crippen molar-refractivity contribution in [3.63, 3.8) is 0 Å². The highest BCUT2D eigenvalue weighted by molar-refractivity contribution is 5.93. The van der Waals surface area contributed by atoms with E-state index in [1.165, 1.54) is 0 Å². The molecule has 0 aromatic carbocycles. The van der Waals surface area contributed by atoms with E-state index in [2.05, 4.69) is 0 Å². The van der Waals surface area contributed by atoms with Gasteiger partial charge in [0, 0.05) is 6.42 Å². The van der Waals surface area contributed by atoms with Gasteiger partial charge in [-0.15, -0.1) is 0 Å². The molecule has 0 aromatic rings. The second-order valence-corrected chi connectivity index (χ2v) is 3.65. The number of hydrogen-bond acceptors (Lipinski definition) is 5. The first kappa shape index (κ1) is 16.2. The van der Waals surface area contributed by atoms with Crippen LogP contribution in [0.5, 0.6) is 0 Å². The Hall–Kier alpha value is -1.83. The van der Waals surface area contributed by atoms with Crippen molar-refractivity contribution in [1.82, 2.24) is 0 Å². The highest BCUT2D eigenvalue weighted by Gasteiger charge is 2.13. The van der Waals surface area contributed by atoms with E-state index < -0.39 is 5.97 Å². The molecule has 5 heteroatoms. The van der Waals surface area contributed by atoms with Crippen LogP contribution in [-0.4, -0.2) is 25.2 Å². The Morgan fingerprint density at radius 3 is 2.22 bits per heavy atom. The van der Waals surface area contributed by atoms with E-state index >= 15 is 0 Å². The van der Waals surface area contributed by atoms with Crippen molar-refractivity contribution >= 4 is 11.9 Å². The summed E-state index contributed by atoms with van der Waals surface area (Å²) in [6.07, 6.45) is 1.34. The standard InChI is InChI=1S/C13H19NO4/c1-4-17-12(15)8-6-7-10(3)11(9-14)13(16)18-5-2/h4-8H2,1-3H3. The quantitative estimate of drug-likeness (QED) is 0.394. The maximum absolute atomic E-state index is 11.4. The van der Waals surface area contributed by atoms with Crippen molar-refractivity contribution in [3.05, 3.63) is 11.1 Å². The number of hydrogen-bond donors (Lipinski definition) is 0. The third kappa shape index (κ3) is 6.04. The first-order chi connectivity index (χ1) is 8.56. The third-order valence-corrected chi connectivity index (χ3v) is 2.26. The SMILES string of the molecule is CCOC(=O)CCCC(C)=C(C#N)C(=O)OCC. The molecular weight excluding hydrogens is 234 g/mol. The van der Waals surface area contributed by atoms with Crippen LogP contribution in [0.1, 0.15) is 40.0 Å². The minimum absolute atomic E-state index is 0.0284. The second kappa shape index (κ2) is 9.23. The zero-order chi connectivity index (χ0) is 14.0. The van der Waals surface area contributed by atoms with Crippen LogP contribution in [0.2, 0.25) is 0 Å². The lowest BCUT2D eigenvalue weighted by atomic mass is 10.0. The lowest BCUT2D eigenvalue weighted by Crippen LogP contribution is -2.09. The van der Waals surface area contributed by atoms with E-state index in [4.69, 9.17) is 14.7 Å². The van der Waals surface area contributed by atoms with Gasteiger partial charge in [0.2, 0.25) is 0 Å². The molecule has 0 spiro atoms. The van der Waals surface area contributed by atoms with E-state index in [0.717, 1.165) is 0 Å². The second-order valence-electron chi connectivity index (χ2n) is 3.65. The molecule has 0 saturated heterocycles. The van der Waals surface area contributed by atoms with Gasteiger partial charge in [-0.2, -0.15) is 5.26 Å². The fourth-order valence-corrected chi connectivity index (χ4v) is 1.37. The molecule has 0 rings (SSSR count). The molecule has 0 saturated carbocycles. The number of esters is 2. The molecule has 100 valence electrons. The molecule has 0 fully saturated rings. The van der Waals surface area contributed by atoms with Gasteiger partial charge in [0.25, 0.3) is 0 Å². The normalized spacial score (nSPS) is 11.2. The first-order valence-corrected chi connectivity index (χ1v) is 5.99. The maximum Gasteiger partial charge on any atom is 0.348 e. The van der Waals surface area contributed by atoms with Crippen LogP contribution in [0, 0.1) is 11.3 Å². The Kier molecular flexibility index (Phi) is 8.29. The van der Waals surface area contributed by atoms with Crippen LogP contribution in [0.4, 0.5) is 0 Å². The Morgan fingerprint density at radius 2 is 1.72 bits per heavy atom. The maximum atomic E-state index is 11.4. The van der Waals surface area contributed by atoms with Gasteiger partial charge in [0.1, 0.15) is 11.6 Å². The lowest BCUT2D eigenvalue weighted by Gasteiger charge is -2.05. The molecule has 0 aliphatic rings. The van der Waals surface area contributed by atoms with Crippen LogP contribution in [-0.2, 0) is 19.1 Å².